The summed E-state index contributed by atoms with van der Waals surface area (Å²) in [6.07, 6.45) is 1.62. The Morgan fingerprint density at radius 3 is 2.50 bits per heavy atom. The maximum Gasteiger partial charge on any atom is 0.123 e. The van der Waals surface area contributed by atoms with E-state index in [1.165, 1.54) is 12.1 Å². The Bertz CT molecular complexity index is 486. The third kappa shape index (κ3) is 1.89. The van der Waals surface area contributed by atoms with Crippen molar-refractivity contribution in [3.05, 3.63) is 47.4 Å². The maximum atomic E-state index is 13.0. The minimum absolute atomic E-state index is 0.227. The molecule has 0 bridgehead atoms. The van der Waals surface area contributed by atoms with Crippen LogP contribution < -0.4 is 5.73 Å². The minimum Gasteiger partial charge on any atom is -0.397 e. The summed E-state index contributed by atoms with van der Waals surface area (Å²) in [6, 6.07) is 6.56. The molecular formula is C13H13FN2. The zero-order valence-corrected chi connectivity index (χ0v) is 9.29. The van der Waals surface area contributed by atoms with Crippen LogP contribution in [0.5, 0.6) is 0 Å². The topological polar surface area (TPSA) is 38.9 Å². The first-order chi connectivity index (χ1) is 7.58. The van der Waals surface area contributed by atoms with Crippen LogP contribution in [0.25, 0.3) is 11.3 Å². The van der Waals surface area contributed by atoms with Crippen molar-refractivity contribution in [3.8, 4) is 11.3 Å². The highest BCUT2D eigenvalue weighted by Gasteiger charge is 2.07. The molecule has 2 aromatic rings. The van der Waals surface area contributed by atoms with Gasteiger partial charge in [-0.3, -0.25) is 4.98 Å². The Kier molecular flexibility index (Phi) is 2.60. The van der Waals surface area contributed by atoms with E-state index >= 15 is 0 Å². The van der Waals surface area contributed by atoms with Gasteiger partial charge in [-0.15, -0.1) is 0 Å². The van der Waals surface area contributed by atoms with Gasteiger partial charge in [-0.05, 0) is 49.2 Å². The number of aromatic nitrogens is 1. The highest BCUT2D eigenvalue weighted by Crippen LogP contribution is 2.25. The molecule has 0 aliphatic carbocycles. The van der Waals surface area contributed by atoms with Gasteiger partial charge in [0.1, 0.15) is 5.82 Å². The quantitative estimate of drug-likeness (QED) is 0.795. The fraction of sp³-hybridized carbons (Fsp3) is 0.154. The molecule has 16 heavy (non-hydrogen) atoms. The fourth-order valence-corrected chi connectivity index (χ4v) is 1.77. The molecule has 0 saturated heterocycles. The molecule has 0 amide bonds. The van der Waals surface area contributed by atoms with Crippen molar-refractivity contribution in [2.75, 3.05) is 5.73 Å². The Balaban J connectivity index is 2.59. The molecular weight excluding hydrogens is 203 g/mol. The zero-order valence-electron chi connectivity index (χ0n) is 9.29. The van der Waals surface area contributed by atoms with Gasteiger partial charge in [0.25, 0.3) is 0 Å². The molecule has 2 nitrogen and oxygen atoms in total. The second-order valence-electron chi connectivity index (χ2n) is 3.89. The summed E-state index contributed by atoms with van der Waals surface area (Å²) < 4.78 is 13.0. The molecule has 0 aliphatic rings. The summed E-state index contributed by atoms with van der Waals surface area (Å²) in [4.78, 5) is 4.29. The van der Waals surface area contributed by atoms with Crippen LogP contribution in [0.3, 0.4) is 0 Å². The highest BCUT2D eigenvalue weighted by molar-refractivity contribution is 5.67. The number of benzene rings is 1. The number of aryl methyl sites for hydroxylation is 2. The molecule has 0 unspecified atom stereocenters. The maximum absolute atomic E-state index is 13.0. The monoisotopic (exact) mass is 216 g/mol. The highest BCUT2D eigenvalue weighted by atomic mass is 19.1. The molecule has 0 atom stereocenters. The molecule has 82 valence electrons. The third-order valence-corrected chi connectivity index (χ3v) is 2.54. The van der Waals surface area contributed by atoms with Gasteiger partial charge in [0.2, 0.25) is 0 Å². The number of pyridine rings is 1. The summed E-state index contributed by atoms with van der Waals surface area (Å²) in [5.41, 5.74) is 9.95. The number of nitrogens with two attached hydrogens (primary N) is 1. The lowest BCUT2D eigenvalue weighted by Crippen LogP contribution is -1.94. The Labute approximate surface area is 93.9 Å². The van der Waals surface area contributed by atoms with E-state index in [2.05, 4.69) is 4.98 Å². The Morgan fingerprint density at radius 2 is 1.88 bits per heavy atom. The number of nitrogens with zero attached hydrogens (tertiary/aromatic N) is 1. The van der Waals surface area contributed by atoms with Crippen molar-refractivity contribution >= 4 is 5.69 Å². The van der Waals surface area contributed by atoms with Crippen molar-refractivity contribution in [3.63, 3.8) is 0 Å². The molecule has 0 spiro atoms. The average Bonchev–Trinajstić information content (AvgIpc) is 2.19. The molecule has 2 N–H and O–H groups in total. The van der Waals surface area contributed by atoms with Crippen LogP contribution in [0, 0.1) is 19.7 Å². The van der Waals surface area contributed by atoms with Crippen LogP contribution >= 0.6 is 0 Å². The predicted octanol–water partition coefficient (Wildman–Crippen LogP) is 3.09. The van der Waals surface area contributed by atoms with Gasteiger partial charge in [0, 0.05) is 5.56 Å². The van der Waals surface area contributed by atoms with Gasteiger partial charge in [-0.2, -0.15) is 0 Å². The molecule has 1 heterocycles. The molecule has 2 rings (SSSR count). The summed E-state index contributed by atoms with van der Waals surface area (Å²) in [5.74, 6) is -0.227. The normalized spacial score (nSPS) is 10.4. The second-order valence-corrected chi connectivity index (χ2v) is 3.89. The molecule has 0 fully saturated rings. The third-order valence-electron chi connectivity index (χ3n) is 2.54. The first-order valence-electron chi connectivity index (χ1n) is 5.06. The fourth-order valence-electron chi connectivity index (χ4n) is 1.77. The first-order valence-corrected chi connectivity index (χ1v) is 5.06. The van der Waals surface area contributed by atoms with E-state index in [1.54, 1.807) is 12.3 Å². The molecule has 1 aromatic heterocycles. The van der Waals surface area contributed by atoms with Crippen LogP contribution in [-0.4, -0.2) is 4.98 Å². The number of rotatable bonds is 1. The number of anilines is 1. The number of halogens is 1. The number of nitrogen functional groups attached to an aromatic ring is 1. The largest absolute Gasteiger partial charge is 0.397 e. The van der Waals surface area contributed by atoms with Gasteiger partial charge < -0.3 is 5.73 Å². The SMILES string of the molecule is Cc1cc(F)ccc1-c1ncc(N)cc1C. The van der Waals surface area contributed by atoms with E-state index < -0.39 is 0 Å². The summed E-state index contributed by atoms with van der Waals surface area (Å²) in [5, 5.41) is 0. The average molecular weight is 216 g/mol. The van der Waals surface area contributed by atoms with Crippen molar-refractivity contribution in [2.24, 2.45) is 0 Å². The smallest absolute Gasteiger partial charge is 0.123 e. The Hall–Kier alpha value is -1.90. The lowest BCUT2D eigenvalue weighted by atomic mass is 10.0. The minimum atomic E-state index is -0.227. The van der Waals surface area contributed by atoms with E-state index in [4.69, 9.17) is 5.73 Å². The van der Waals surface area contributed by atoms with Crippen molar-refractivity contribution in [2.45, 2.75) is 13.8 Å². The van der Waals surface area contributed by atoms with Gasteiger partial charge in [0.15, 0.2) is 0 Å². The van der Waals surface area contributed by atoms with Gasteiger partial charge in [-0.25, -0.2) is 4.39 Å². The van der Waals surface area contributed by atoms with Crippen LogP contribution in [-0.2, 0) is 0 Å². The summed E-state index contributed by atoms with van der Waals surface area (Å²) in [7, 11) is 0. The van der Waals surface area contributed by atoms with E-state index in [0.717, 1.165) is 22.4 Å². The Morgan fingerprint density at radius 1 is 1.12 bits per heavy atom. The van der Waals surface area contributed by atoms with Gasteiger partial charge >= 0.3 is 0 Å². The van der Waals surface area contributed by atoms with Crippen molar-refractivity contribution < 1.29 is 4.39 Å². The summed E-state index contributed by atoms with van der Waals surface area (Å²) >= 11 is 0. The van der Waals surface area contributed by atoms with E-state index in [-0.39, 0.29) is 5.82 Å². The molecule has 0 saturated carbocycles. The predicted molar refractivity (Wildman–Crippen MR) is 63.5 cm³/mol. The van der Waals surface area contributed by atoms with Gasteiger partial charge in [-0.1, -0.05) is 0 Å². The summed E-state index contributed by atoms with van der Waals surface area (Å²) in [6.45, 7) is 3.82. The van der Waals surface area contributed by atoms with Crippen molar-refractivity contribution in [1.29, 1.82) is 0 Å². The number of hydrogen-bond acceptors (Lipinski definition) is 2. The van der Waals surface area contributed by atoms with E-state index in [0.29, 0.717) is 5.69 Å². The second kappa shape index (κ2) is 3.93. The lowest BCUT2D eigenvalue weighted by molar-refractivity contribution is 0.627. The van der Waals surface area contributed by atoms with Crippen LogP contribution in [0.4, 0.5) is 10.1 Å². The lowest BCUT2D eigenvalue weighted by Gasteiger charge is -2.08. The van der Waals surface area contributed by atoms with Crippen LogP contribution in [0.15, 0.2) is 30.5 Å². The van der Waals surface area contributed by atoms with Gasteiger partial charge in [0.05, 0.1) is 17.6 Å². The number of hydrogen-bond donors (Lipinski definition) is 1. The van der Waals surface area contributed by atoms with E-state index in [9.17, 15) is 4.39 Å². The standard InChI is InChI=1S/C13H13FN2/c1-8-5-10(14)3-4-12(8)13-9(2)6-11(15)7-16-13/h3-7H,15H2,1-2H3. The molecule has 1 aromatic carbocycles. The molecule has 0 radical (unpaired) electrons. The van der Waals surface area contributed by atoms with Crippen molar-refractivity contribution in [1.82, 2.24) is 4.98 Å². The van der Waals surface area contributed by atoms with Crippen LogP contribution in [0.2, 0.25) is 0 Å². The zero-order chi connectivity index (χ0) is 11.7. The van der Waals surface area contributed by atoms with E-state index in [1.807, 2.05) is 19.9 Å². The molecule has 0 aliphatic heterocycles. The van der Waals surface area contributed by atoms with Crippen LogP contribution in [0.1, 0.15) is 11.1 Å². The molecule has 3 heteroatoms. The first kappa shape index (κ1) is 10.6.